The van der Waals surface area contributed by atoms with Crippen LogP contribution >= 0.6 is 0 Å². The topological polar surface area (TPSA) is 46.5 Å². The summed E-state index contributed by atoms with van der Waals surface area (Å²) in [5, 5.41) is 9.34. The van der Waals surface area contributed by atoms with Crippen LogP contribution in [0, 0.1) is 0 Å². The van der Waals surface area contributed by atoms with E-state index in [0.717, 1.165) is 5.56 Å². The molecular formula is C16H14O3. The van der Waals surface area contributed by atoms with Gasteiger partial charge in [0.05, 0.1) is 12.7 Å². The summed E-state index contributed by atoms with van der Waals surface area (Å²) < 4.78 is 5.22. The first-order chi connectivity index (χ1) is 9.22. The van der Waals surface area contributed by atoms with E-state index in [9.17, 15) is 9.90 Å². The van der Waals surface area contributed by atoms with Crippen LogP contribution in [0.2, 0.25) is 0 Å². The van der Waals surface area contributed by atoms with E-state index in [1.807, 2.05) is 36.4 Å². The maximum Gasteiger partial charge on any atom is 0.336 e. The number of hydrogen-bond donors (Lipinski definition) is 1. The number of benzene rings is 2. The lowest BCUT2D eigenvalue weighted by molar-refractivity contribution is -0.130. The Morgan fingerprint density at radius 1 is 1.05 bits per heavy atom. The molecule has 2 rings (SSSR count). The first-order valence-corrected chi connectivity index (χ1v) is 5.86. The summed E-state index contributed by atoms with van der Waals surface area (Å²) in [5.74, 6) is -0.311. The van der Waals surface area contributed by atoms with Crippen LogP contribution in [0.3, 0.4) is 0 Å². The number of carboxylic acids is 1. The fraction of sp³-hybridized carbons (Fsp3) is 0.0625. The van der Waals surface area contributed by atoms with E-state index < -0.39 is 5.97 Å². The van der Waals surface area contributed by atoms with E-state index in [2.05, 4.69) is 0 Å². The molecule has 0 spiro atoms. The Morgan fingerprint density at radius 2 is 1.68 bits per heavy atom. The predicted molar refractivity (Wildman–Crippen MR) is 74.9 cm³/mol. The number of aliphatic carboxylic acids is 1. The van der Waals surface area contributed by atoms with Crippen LogP contribution in [0.4, 0.5) is 0 Å². The van der Waals surface area contributed by atoms with Crippen LogP contribution in [0.5, 0.6) is 5.75 Å². The molecule has 0 aromatic heterocycles. The zero-order valence-corrected chi connectivity index (χ0v) is 10.5. The number of rotatable bonds is 4. The first-order valence-electron chi connectivity index (χ1n) is 5.86. The van der Waals surface area contributed by atoms with Crippen molar-refractivity contribution in [2.24, 2.45) is 0 Å². The van der Waals surface area contributed by atoms with Crippen LogP contribution in [0.15, 0.2) is 54.6 Å². The van der Waals surface area contributed by atoms with E-state index in [-0.39, 0.29) is 5.57 Å². The standard InChI is InChI=1S/C16H14O3/c1-19-15-10-6-5-9-13(15)11-14(16(17)18)12-7-3-2-4-8-12/h2-11H,1H3,(H,17,18). The number of hydrogen-bond acceptors (Lipinski definition) is 2. The molecule has 3 nitrogen and oxygen atoms in total. The van der Waals surface area contributed by atoms with Gasteiger partial charge in [0, 0.05) is 5.56 Å². The van der Waals surface area contributed by atoms with Gasteiger partial charge >= 0.3 is 5.97 Å². The third kappa shape index (κ3) is 3.01. The Kier molecular flexibility index (Phi) is 3.98. The normalized spacial score (nSPS) is 11.1. The average molecular weight is 254 g/mol. The Morgan fingerprint density at radius 3 is 2.32 bits per heavy atom. The fourth-order valence-electron chi connectivity index (χ4n) is 1.83. The Labute approximate surface area is 111 Å². The summed E-state index contributed by atoms with van der Waals surface area (Å²) in [6.45, 7) is 0. The predicted octanol–water partition coefficient (Wildman–Crippen LogP) is 3.32. The van der Waals surface area contributed by atoms with Crippen molar-refractivity contribution in [1.29, 1.82) is 0 Å². The van der Waals surface area contributed by atoms with Crippen molar-refractivity contribution in [3.8, 4) is 5.75 Å². The average Bonchev–Trinajstić information content (AvgIpc) is 2.45. The van der Waals surface area contributed by atoms with Crippen molar-refractivity contribution in [3.05, 3.63) is 65.7 Å². The molecular weight excluding hydrogens is 240 g/mol. The molecule has 0 amide bonds. The highest BCUT2D eigenvalue weighted by Gasteiger charge is 2.11. The van der Waals surface area contributed by atoms with Crippen molar-refractivity contribution in [1.82, 2.24) is 0 Å². The number of methoxy groups -OCH3 is 1. The third-order valence-corrected chi connectivity index (χ3v) is 2.75. The zero-order chi connectivity index (χ0) is 13.7. The minimum absolute atomic E-state index is 0.241. The second kappa shape index (κ2) is 5.87. The Balaban J connectivity index is 2.51. The van der Waals surface area contributed by atoms with Gasteiger partial charge in [0.1, 0.15) is 5.75 Å². The lowest BCUT2D eigenvalue weighted by Crippen LogP contribution is -1.99. The number of ether oxygens (including phenoxy) is 1. The SMILES string of the molecule is COc1ccccc1C=C(C(=O)O)c1ccccc1. The molecule has 0 saturated heterocycles. The molecule has 3 heteroatoms. The number of carboxylic acid groups (broad SMARTS) is 1. The zero-order valence-electron chi connectivity index (χ0n) is 10.5. The number of para-hydroxylation sites is 1. The van der Waals surface area contributed by atoms with Gasteiger partial charge in [0.2, 0.25) is 0 Å². The quantitative estimate of drug-likeness (QED) is 0.672. The molecule has 96 valence electrons. The minimum atomic E-state index is -0.961. The van der Waals surface area contributed by atoms with Gasteiger partial charge in [0.25, 0.3) is 0 Å². The maximum absolute atomic E-state index is 11.4. The molecule has 0 unspecified atom stereocenters. The van der Waals surface area contributed by atoms with E-state index in [1.165, 1.54) is 0 Å². The molecule has 0 atom stereocenters. The molecule has 0 bridgehead atoms. The monoisotopic (exact) mass is 254 g/mol. The second-order valence-corrected chi connectivity index (χ2v) is 3.97. The van der Waals surface area contributed by atoms with Crippen molar-refractivity contribution in [2.45, 2.75) is 0 Å². The molecule has 0 aliphatic carbocycles. The van der Waals surface area contributed by atoms with Crippen molar-refractivity contribution in [3.63, 3.8) is 0 Å². The second-order valence-electron chi connectivity index (χ2n) is 3.97. The van der Waals surface area contributed by atoms with Gasteiger partial charge in [-0.2, -0.15) is 0 Å². The van der Waals surface area contributed by atoms with Crippen LogP contribution in [-0.2, 0) is 4.79 Å². The molecule has 0 heterocycles. The van der Waals surface area contributed by atoms with Gasteiger partial charge in [-0.15, -0.1) is 0 Å². The number of carbonyl (C=O) groups is 1. The highest BCUT2D eigenvalue weighted by atomic mass is 16.5. The molecule has 19 heavy (non-hydrogen) atoms. The largest absolute Gasteiger partial charge is 0.496 e. The van der Waals surface area contributed by atoms with Crippen LogP contribution in [-0.4, -0.2) is 18.2 Å². The molecule has 0 fully saturated rings. The highest BCUT2D eigenvalue weighted by Crippen LogP contribution is 2.24. The van der Waals surface area contributed by atoms with Gasteiger partial charge in [0.15, 0.2) is 0 Å². The van der Waals surface area contributed by atoms with Crippen molar-refractivity contribution in [2.75, 3.05) is 7.11 Å². The van der Waals surface area contributed by atoms with Crippen LogP contribution in [0.25, 0.3) is 11.6 Å². The molecule has 0 saturated carbocycles. The van der Waals surface area contributed by atoms with Gasteiger partial charge < -0.3 is 9.84 Å². The van der Waals surface area contributed by atoms with Gasteiger partial charge in [-0.1, -0.05) is 48.5 Å². The minimum Gasteiger partial charge on any atom is -0.496 e. The summed E-state index contributed by atoms with van der Waals surface area (Å²) in [6.07, 6.45) is 1.62. The Bertz CT molecular complexity index is 600. The van der Waals surface area contributed by atoms with E-state index >= 15 is 0 Å². The third-order valence-electron chi connectivity index (χ3n) is 2.75. The summed E-state index contributed by atoms with van der Waals surface area (Å²) >= 11 is 0. The first kappa shape index (κ1) is 12.9. The summed E-state index contributed by atoms with van der Waals surface area (Å²) in [7, 11) is 1.57. The van der Waals surface area contributed by atoms with E-state index in [1.54, 1.807) is 31.4 Å². The van der Waals surface area contributed by atoms with E-state index in [0.29, 0.717) is 11.3 Å². The molecule has 1 N–H and O–H groups in total. The lowest BCUT2D eigenvalue weighted by atomic mass is 10.0. The maximum atomic E-state index is 11.4. The van der Waals surface area contributed by atoms with Gasteiger partial charge in [-0.05, 0) is 17.7 Å². The summed E-state index contributed by atoms with van der Waals surface area (Å²) in [6, 6.07) is 16.3. The molecule has 0 aliphatic heterocycles. The van der Waals surface area contributed by atoms with Gasteiger partial charge in [-0.25, -0.2) is 4.79 Å². The van der Waals surface area contributed by atoms with Crippen molar-refractivity contribution < 1.29 is 14.6 Å². The molecule has 0 aliphatic rings. The highest BCUT2D eigenvalue weighted by molar-refractivity contribution is 6.20. The Hall–Kier alpha value is -2.55. The van der Waals surface area contributed by atoms with Crippen LogP contribution < -0.4 is 4.74 Å². The van der Waals surface area contributed by atoms with E-state index in [4.69, 9.17) is 4.74 Å². The summed E-state index contributed by atoms with van der Waals surface area (Å²) in [4.78, 5) is 11.4. The summed E-state index contributed by atoms with van der Waals surface area (Å²) in [5.41, 5.74) is 1.65. The fourth-order valence-corrected chi connectivity index (χ4v) is 1.83. The smallest absolute Gasteiger partial charge is 0.336 e. The molecule has 2 aromatic rings. The van der Waals surface area contributed by atoms with Crippen molar-refractivity contribution >= 4 is 17.6 Å². The van der Waals surface area contributed by atoms with Crippen LogP contribution in [0.1, 0.15) is 11.1 Å². The van der Waals surface area contributed by atoms with Gasteiger partial charge in [-0.3, -0.25) is 0 Å². The molecule has 0 radical (unpaired) electrons. The lowest BCUT2D eigenvalue weighted by Gasteiger charge is -2.06. The molecule has 2 aromatic carbocycles.